The average Bonchev–Trinajstić information content (AvgIpc) is 2.73. The summed E-state index contributed by atoms with van der Waals surface area (Å²) in [6.07, 6.45) is 5.79. The topological polar surface area (TPSA) is 53.1 Å². The highest BCUT2D eigenvalue weighted by molar-refractivity contribution is 7.98. The lowest BCUT2D eigenvalue weighted by molar-refractivity contribution is 0.415. The minimum atomic E-state index is 0.591. The second-order valence-corrected chi connectivity index (χ2v) is 5.52. The van der Waals surface area contributed by atoms with E-state index in [1.807, 2.05) is 30.0 Å². The van der Waals surface area contributed by atoms with Crippen LogP contribution in [0.2, 0.25) is 0 Å². The fraction of sp³-hybridized carbons (Fsp3) is 0.500. The predicted octanol–water partition coefficient (Wildman–Crippen LogP) is 3.16. The van der Waals surface area contributed by atoms with Crippen molar-refractivity contribution in [3.63, 3.8) is 0 Å². The van der Waals surface area contributed by atoms with Gasteiger partial charge in [-0.3, -0.25) is 0 Å². The van der Waals surface area contributed by atoms with Crippen LogP contribution in [0, 0.1) is 0 Å². The molecule has 0 atom stereocenters. The Bertz CT molecular complexity index is 539. The number of hydrogen-bond donors (Lipinski definition) is 1. The number of fused-ring (bicyclic) bond motifs is 1. The Morgan fingerprint density at radius 2 is 2.16 bits per heavy atom. The molecule has 2 rings (SSSR count). The van der Waals surface area contributed by atoms with Crippen LogP contribution in [0.5, 0.6) is 5.75 Å². The molecule has 0 bridgehead atoms. The summed E-state index contributed by atoms with van der Waals surface area (Å²) >= 11 is 1.90. The summed E-state index contributed by atoms with van der Waals surface area (Å²) in [5, 5.41) is 0. The number of anilines is 1. The van der Waals surface area contributed by atoms with Crippen LogP contribution >= 0.6 is 11.8 Å². The van der Waals surface area contributed by atoms with Crippen molar-refractivity contribution in [2.75, 3.05) is 24.9 Å². The van der Waals surface area contributed by atoms with Crippen molar-refractivity contribution in [1.29, 1.82) is 0 Å². The summed E-state index contributed by atoms with van der Waals surface area (Å²) in [4.78, 5) is 4.39. The Morgan fingerprint density at radius 3 is 2.89 bits per heavy atom. The number of benzene rings is 1. The maximum absolute atomic E-state index is 5.99. The number of unbranched alkanes of at least 4 members (excludes halogenated alkanes) is 2. The maximum atomic E-state index is 5.99. The number of hydrogen-bond acceptors (Lipinski definition) is 4. The van der Waals surface area contributed by atoms with Crippen LogP contribution in [0.1, 0.15) is 19.3 Å². The van der Waals surface area contributed by atoms with Gasteiger partial charge in [-0.1, -0.05) is 6.42 Å². The first-order valence-electron chi connectivity index (χ1n) is 6.55. The standard InChI is InChI=1S/C14H21N3OS/c1-18-11-6-7-13-12(10-11)16-14(15)17(13)8-4-3-5-9-19-2/h6-7,10H,3-5,8-9H2,1-2H3,(H2,15,16). The molecule has 0 unspecified atom stereocenters. The summed E-state index contributed by atoms with van der Waals surface area (Å²) in [7, 11) is 1.66. The fourth-order valence-corrected chi connectivity index (χ4v) is 2.68. The molecular formula is C14H21N3OS. The maximum Gasteiger partial charge on any atom is 0.201 e. The Balaban J connectivity index is 2.07. The fourth-order valence-electron chi connectivity index (χ4n) is 2.18. The van der Waals surface area contributed by atoms with Crippen LogP contribution in [0.15, 0.2) is 18.2 Å². The van der Waals surface area contributed by atoms with Crippen molar-refractivity contribution in [2.45, 2.75) is 25.8 Å². The zero-order chi connectivity index (χ0) is 13.7. The van der Waals surface area contributed by atoms with Gasteiger partial charge in [-0.15, -0.1) is 0 Å². The molecule has 0 fully saturated rings. The highest BCUT2D eigenvalue weighted by Gasteiger charge is 2.08. The van der Waals surface area contributed by atoms with Gasteiger partial charge in [0, 0.05) is 12.6 Å². The van der Waals surface area contributed by atoms with Gasteiger partial charge in [0.15, 0.2) is 0 Å². The summed E-state index contributed by atoms with van der Waals surface area (Å²) in [6, 6.07) is 5.91. The van der Waals surface area contributed by atoms with Crippen molar-refractivity contribution < 1.29 is 4.74 Å². The first-order valence-corrected chi connectivity index (χ1v) is 7.94. The molecule has 0 amide bonds. The second kappa shape index (κ2) is 6.70. The van der Waals surface area contributed by atoms with Crippen molar-refractivity contribution in [2.24, 2.45) is 0 Å². The number of nitrogen functional groups attached to an aromatic ring is 1. The van der Waals surface area contributed by atoms with E-state index in [2.05, 4.69) is 15.8 Å². The molecule has 1 aromatic heterocycles. The van der Waals surface area contributed by atoms with Crippen LogP contribution in [-0.4, -0.2) is 28.7 Å². The molecular weight excluding hydrogens is 258 g/mol. The molecule has 0 radical (unpaired) electrons. The molecule has 0 aliphatic carbocycles. The quantitative estimate of drug-likeness (QED) is 0.791. The van der Waals surface area contributed by atoms with Gasteiger partial charge < -0.3 is 15.0 Å². The number of imidazole rings is 1. The Labute approximate surface area is 118 Å². The number of thioether (sulfide) groups is 1. The molecule has 4 nitrogen and oxygen atoms in total. The zero-order valence-electron chi connectivity index (χ0n) is 11.6. The van der Waals surface area contributed by atoms with Crippen molar-refractivity contribution in [3.05, 3.63) is 18.2 Å². The van der Waals surface area contributed by atoms with E-state index < -0.39 is 0 Å². The van der Waals surface area contributed by atoms with Gasteiger partial charge in [-0.05, 0) is 37.0 Å². The normalized spacial score (nSPS) is 11.1. The Hall–Kier alpha value is -1.36. The number of nitrogens with zero attached hydrogens (tertiary/aromatic N) is 2. The van der Waals surface area contributed by atoms with E-state index in [0.29, 0.717) is 5.95 Å². The first-order chi connectivity index (χ1) is 9.26. The van der Waals surface area contributed by atoms with E-state index >= 15 is 0 Å². The molecule has 0 spiro atoms. The Morgan fingerprint density at radius 1 is 1.32 bits per heavy atom. The number of rotatable bonds is 7. The highest BCUT2D eigenvalue weighted by atomic mass is 32.2. The van der Waals surface area contributed by atoms with Crippen LogP contribution in [0.3, 0.4) is 0 Å². The minimum Gasteiger partial charge on any atom is -0.497 e. The number of methoxy groups -OCH3 is 1. The highest BCUT2D eigenvalue weighted by Crippen LogP contribution is 2.23. The third-order valence-corrected chi connectivity index (χ3v) is 3.91. The lowest BCUT2D eigenvalue weighted by Crippen LogP contribution is -2.03. The minimum absolute atomic E-state index is 0.591. The van der Waals surface area contributed by atoms with Crippen LogP contribution in [0.25, 0.3) is 11.0 Å². The number of ether oxygens (including phenoxy) is 1. The third-order valence-electron chi connectivity index (χ3n) is 3.22. The number of nitrogens with two attached hydrogens (primary N) is 1. The van der Waals surface area contributed by atoms with Crippen molar-refractivity contribution in [3.8, 4) is 5.75 Å². The van der Waals surface area contributed by atoms with E-state index in [-0.39, 0.29) is 0 Å². The van der Waals surface area contributed by atoms with E-state index in [4.69, 9.17) is 10.5 Å². The van der Waals surface area contributed by atoms with Gasteiger partial charge in [0.2, 0.25) is 5.95 Å². The van der Waals surface area contributed by atoms with E-state index in [1.54, 1.807) is 7.11 Å². The lowest BCUT2D eigenvalue weighted by atomic mass is 10.2. The summed E-state index contributed by atoms with van der Waals surface area (Å²) < 4.78 is 7.30. The van der Waals surface area contributed by atoms with Crippen molar-refractivity contribution >= 4 is 28.7 Å². The number of aromatic nitrogens is 2. The molecule has 0 aliphatic heterocycles. The van der Waals surface area contributed by atoms with Crippen molar-refractivity contribution in [1.82, 2.24) is 9.55 Å². The van der Waals surface area contributed by atoms with Crippen LogP contribution < -0.4 is 10.5 Å². The first kappa shape index (κ1) is 14.1. The summed E-state index contributed by atoms with van der Waals surface area (Å²) in [5.41, 5.74) is 7.98. The molecule has 5 heteroatoms. The average molecular weight is 279 g/mol. The Kier molecular flexibility index (Phi) is 4.96. The molecule has 19 heavy (non-hydrogen) atoms. The molecule has 1 aromatic carbocycles. The van der Waals surface area contributed by atoms with Gasteiger partial charge >= 0.3 is 0 Å². The molecule has 0 saturated heterocycles. The van der Waals surface area contributed by atoms with Crippen LogP contribution in [-0.2, 0) is 6.54 Å². The van der Waals surface area contributed by atoms with E-state index in [1.165, 1.54) is 18.6 Å². The van der Waals surface area contributed by atoms with Gasteiger partial charge in [0.25, 0.3) is 0 Å². The smallest absolute Gasteiger partial charge is 0.201 e. The van der Waals surface area contributed by atoms with Crippen LogP contribution in [0.4, 0.5) is 5.95 Å². The van der Waals surface area contributed by atoms with E-state index in [9.17, 15) is 0 Å². The second-order valence-electron chi connectivity index (χ2n) is 4.53. The zero-order valence-corrected chi connectivity index (χ0v) is 12.4. The molecule has 2 aromatic rings. The SMILES string of the molecule is COc1ccc2c(c1)nc(N)n2CCCCCSC. The van der Waals surface area contributed by atoms with Gasteiger partial charge in [-0.25, -0.2) is 4.98 Å². The van der Waals surface area contributed by atoms with Gasteiger partial charge in [0.1, 0.15) is 5.75 Å². The third kappa shape index (κ3) is 3.35. The summed E-state index contributed by atoms with van der Waals surface area (Å²) in [5.74, 6) is 2.64. The molecule has 0 aliphatic rings. The largest absolute Gasteiger partial charge is 0.497 e. The van der Waals surface area contributed by atoms with Gasteiger partial charge in [0.05, 0.1) is 18.1 Å². The molecule has 104 valence electrons. The summed E-state index contributed by atoms with van der Waals surface area (Å²) in [6.45, 7) is 0.934. The number of aryl methyl sites for hydroxylation is 1. The molecule has 0 saturated carbocycles. The van der Waals surface area contributed by atoms with E-state index in [0.717, 1.165) is 29.7 Å². The molecule has 1 heterocycles. The monoisotopic (exact) mass is 279 g/mol. The predicted molar refractivity (Wildman–Crippen MR) is 82.9 cm³/mol. The molecule has 2 N–H and O–H groups in total. The van der Waals surface area contributed by atoms with Gasteiger partial charge in [-0.2, -0.15) is 11.8 Å². The lowest BCUT2D eigenvalue weighted by Gasteiger charge is -2.06.